The van der Waals surface area contributed by atoms with Gasteiger partial charge in [0.05, 0.1) is 0 Å². The largest absolute Gasteiger partial charge is 0.120 e. The molecule has 0 bridgehead atoms. The standard InChI is InChI=1S/C3H4.C2H6.C2H4/c1-3-2;2*1-2/h1H,2H3;1-2H3;1-2H2. The van der Waals surface area contributed by atoms with Gasteiger partial charge in [0.15, 0.2) is 0 Å². The van der Waals surface area contributed by atoms with Crippen LogP contribution in [0.25, 0.3) is 0 Å². The van der Waals surface area contributed by atoms with E-state index in [4.69, 9.17) is 0 Å². The van der Waals surface area contributed by atoms with Crippen LogP contribution in [0, 0.1) is 12.3 Å². The molecule has 0 N–H and O–H groups in total. The van der Waals surface area contributed by atoms with Gasteiger partial charge in [0.1, 0.15) is 0 Å². The molecule has 0 spiro atoms. The lowest BCUT2D eigenvalue weighted by molar-refractivity contribution is 1.50. The van der Waals surface area contributed by atoms with Crippen molar-refractivity contribution < 1.29 is 0 Å². The van der Waals surface area contributed by atoms with Crippen molar-refractivity contribution in [1.82, 2.24) is 0 Å². The predicted octanol–water partition coefficient (Wildman–Crippen LogP) is 2.47. The van der Waals surface area contributed by atoms with E-state index in [9.17, 15) is 0 Å². The Morgan fingerprint density at radius 3 is 1.29 bits per heavy atom. The maximum atomic E-state index is 4.60. The quantitative estimate of drug-likeness (QED) is 0.322. The number of hydrogen-bond donors (Lipinski definition) is 0. The Bertz CT molecular complexity index is 29.8. The molecule has 0 rings (SSSR count). The highest BCUT2D eigenvalue weighted by atomic mass is 13.2. The Labute approximate surface area is 47.3 Å². The molecule has 0 amide bonds. The van der Waals surface area contributed by atoms with Gasteiger partial charge in [-0.3, -0.25) is 0 Å². The molecular formula is C7H14. The minimum absolute atomic E-state index is 1.65. The van der Waals surface area contributed by atoms with Crippen LogP contribution in [0.15, 0.2) is 13.2 Å². The Balaban J connectivity index is -0.0000000360. The molecule has 0 saturated heterocycles. The van der Waals surface area contributed by atoms with Crippen molar-refractivity contribution in [3.05, 3.63) is 13.2 Å². The number of rotatable bonds is 0. The fraction of sp³-hybridized carbons (Fsp3) is 0.429. The van der Waals surface area contributed by atoms with Crippen LogP contribution < -0.4 is 0 Å². The molecule has 0 nitrogen and oxygen atoms in total. The van der Waals surface area contributed by atoms with Crippen LogP contribution in [-0.2, 0) is 0 Å². The number of terminal acetylenes is 1. The molecule has 0 heteroatoms. The summed E-state index contributed by atoms with van der Waals surface area (Å²) in [6, 6.07) is 0. The Morgan fingerprint density at radius 1 is 1.29 bits per heavy atom. The van der Waals surface area contributed by atoms with Crippen LogP contribution >= 0.6 is 0 Å². The van der Waals surface area contributed by atoms with Gasteiger partial charge in [-0.05, 0) is 6.92 Å². The maximum absolute atomic E-state index is 4.60. The highest BCUT2D eigenvalue weighted by Crippen LogP contribution is 1.21. The van der Waals surface area contributed by atoms with Crippen LogP contribution in [-0.4, -0.2) is 0 Å². The second-order valence-corrected chi connectivity index (χ2v) is 0.289. The molecule has 0 aromatic heterocycles. The fourth-order valence-electron chi connectivity index (χ4n) is 0. The average Bonchev–Trinajstić information content (AvgIpc) is 1.78. The molecule has 0 heterocycles. The van der Waals surface area contributed by atoms with E-state index in [0.717, 1.165) is 0 Å². The second kappa shape index (κ2) is 1090. The maximum Gasteiger partial charge on any atom is -0.00297 e. The van der Waals surface area contributed by atoms with Gasteiger partial charge < -0.3 is 0 Å². The SMILES string of the molecule is C#CC.C=C.CC. The Morgan fingerprint density at radius 2 is 1.29 bits per heavy atom. The van der Waals surface area contributed by atoms with E-state index in [2.05, 4.69) is 25.5 Å². The van der Waals surface area contributed by atoms with E-state index in [-0.39, 0.29) is 0 Å². The van der Waals surface area contributed by atoms with Crippen molar-refractivity contribution in [1.29, 1.82) is 0 Å². The molecule has 0 unspecified atom stereocenters. The molecule has 0 fully saturated rings. The van der Waals surface area contributed by atoms with Gasteiger partial charge in [-0.25, -0.2) is 0 Å². The summed E-state index contributed by atoms with van der Waals surface area (Å²) >= 11 is 0. The lowest BCUT2D eigenvalue weighted by Crippen LogP contribution is -1.10. The minimum Gasteiger partial charge on any atom is -0.120 e. The summed E-state index contributed by atoms with van der Waals surface area (Å²) in [5, 5.41) is 0. The van der Waals surface area contributed by atoms with Crippen molar-refractivity contribution >= 4 is 0 Å². The molecule has 42 valence electrons. The van der Waals surface area contributed by atoms with E-state index in [1.54, 1.807) is 6.92 Å². The molecule has 0 aliphatic carbocycles. The van der Waals surface area contributed by atoms with Gasteiger partial charge in [-0.2, -0.15) is 0 Å². The highest BCUT2D eigenvalue weighted by molar-refractivity contribution is 4.73. The first-order valence-electron chi connectivity index (χ1n) is 2.29. The molecule has 0 aromatic rings. The summed E-state index contributed by atoms with van der Waals surface area (Å²) in [5.74, 6) is 2.25. The molecule has 0 radical (unpaired) electrons. The monoisotopic (exact) mass is 98.1 g/mol. The third-order valence-electron chi connectivity index (χ3n) is 0. The van der Waals surface area contributed by atoms with Crippen LogP contribution in [0.2, 0.25) is 0 Å². The first kappa shape index (κ1) is 16.3. The van der Waals surface area contributed by atoms with E-state index >= 15 is 0 Å². The molecule has 7 heavy (non-hydrogen) atoms. The van der Waals surface area contributed by atoms with Gasteiger partial charge in [-0.15, -0.1) is 25.5 Å². The highest BCUT2D eigenvalue weighted by Gasteiger charge is 1.09. The molecule has 0 aliphatic rings. The van der Waals surface area contributed by atoms with E-state index in [0.29, 0.717) is 0 Å². The van der Waals surface area contributed by atoms with Crippen LogP contribution in [0.5, 0.6) is 0 Å². The van der Waals surface area contributed by atoms with Gasteiger partial charge in [-0.1, -0.05) is 13.8 Å². The van der Waals surface area contributed by atoms with Gasteiger partial charge >= 0.3 is 0 Å². The summed E-state index contributed by atoms with van der Waals surface area (Å²) < 4.78 is 0. The summed E-state index contributed by atoms with van der Waals surface area (Å²) in [5.41, 5.74) is 0. The topological polar surface area (TPSA) is 0 Å². The van der Waals surface area contributed by atoms with E-state index in [1.807, 2.05) is 13.8 Å². The smallest absolute Gasteiger partial charge is 0.00297 e. The zero-order valence-corrected chi connectivity index (χ0v) is 5.49. The molecule has 0 aliphatic heterocycles. The third kappa shape index (κ3) is 118. The number of hydrogen-bond acceptors (Lipinski definition) is 0. The van der Waals surface area contributed by atoms with Crippen molar-refractivity contribution in [2.75, 3.05) is 0 Å². The van der Waals surface area contributed by atoms with Crippen LogP contribution in [0.3, 0.4) is 0 Å². The predicted molar refractivity (Wildman–Crippen MR) is 37.1 cm³/mol. The van der Waals surface area contributed by atoms with Crippen molar-refractivity contribution in [2.24, 2.45) is 0 Å². The Hall–Kier alpha value is -0.700. The van der Waals surface area contributed by atoms with Gasteiger partial charge in [0.2, 0.25) is 0 Å². The van der Waals surface area contributed by atoms with E-state index in [1.165, 1.54) is 0 Å². The lowest BCUT2D eigenvalue weighted by atomic mass is 10.9. The summed E-state index contributed by atoms with van der Waals surface area (Å²) in [7, 11) is 0. The summed E-state index contributed by atoms with van der Waals surface area (Å²) in [6.07, 6.45) is 4.60. The van der Waals surface area contributed by atoms with Gasteiger partial charge in [0, 0.05) is 0 Å². The lowest BCUT2D eigenvalue weighted by Gasteiger charge is -1.23. The second-order valence-electron chi connectivity index (χ2n) is 0.289. The zero-order chi connectivity index (χ0) is 6.71. The van der Waals surface area contributed by atoms with Gasteiger partial charge in [0.25, 0.3) is 0 Å². The summed E-state index contributed by atoms with van der Waals surface area (Å²) in [4.78, 5) is 0. The minimum atomic E-state index is 1.65. The first-order chi connectivity index (χ1) is 3.41. The first-order valence-corrected chi connectivity index (χ1v) is 2.29. The van der Waals surface area contributed by atoms with Crippen molar-refractivity contribution in [3.8, 4) is 12.3 Å². The van der Waals surface area contributed by atoms with Crippen LogP contribution in [0.4, 0.5) is 0 Å². The summed E-state index contributed by atoms with van der Waals surface area (Å²) in [6.45, 7) is 11.7. The van der Waals surface area contributed by atoms with Crippen LogP contribution in [0.1, 0.15) is 20.8 Å². The molecule has 0 atom stereocenters. The fourth-order valence-corrected chi connectivity index (χ4v) is 0. The van der Waals surface area contributed by atoms with E-state index < -0.39 is 0 Å². The Kier molecular flexibility index (Phi) is 2530. The molecule has 0 saturated carbocycles. The van der Waals surface area contributed by atoms with Crippen molar-refractivity contribution in [2.45, 2.75) is 20.8 Å². The zero-order valence-electron chi connectivity index (χ0n) is 5.49. The molecule has 0 aromatic carbocycles. The third-order valence-corrected chi connectivity index (χ3v) is 0. The molecular weight excluding hydrogens is 84.1 g/mol. The normalized spacial score (nSPS) is 2.57. The average molecular weight is 98.2 g/mol. The van der Waals surface area contributed by atoms with Crippen molar-refractivity contribution in [3.63, 3.8) is 0 Å².